The summed E-state index contributed by atoms with van der Waals surface area (Å²) in [5.41, 5.74) is 7.09. The highest BCUT2D eigenvalue weighted by Gasteiger charge is 2.36. The fourth-order valence-corrected chi connectivity index (χ4v) is 4.07. The summed E-state index contributed by atoms with van der Waals surface area (Å²) < 4.78 is 7.03. The number of aryl methyl sites for hydroxylation is 1. The summed E-state index contributed by atoms with van der Waals surface area (Å²) in [6.07, 6.45) is 5.54. The van der Waals surface area contributed by atoms with Crippen LogP contribution < -0.4 is 5.73 Å². The summed E-state index contributed by atoms with van der Waals surface area (Å²) >= 11 is 0. The van der Waals surface area contributed by atoms with Crippen molar-refractivity contribution < 1.29 is 14.4 Å². The zero-order valence-corrected chi connectivity index (χ0v) is 15.5. The normalized spacial score (nSPS) is 28.6. The Hall–Kier alpha value is -2.26. The minimum absolute atomic E-state index is 0.0730. The number of amides is 1. The molecule has 1 amide bonds. The first-order valence-electron chi connectivity index (χ1n) is 9.56. The van der Waals surface area contributed by atoms with Crippen LogP contribution in [0.2, 0.25) is 0 Å². The van der Waals surface area contributed by atoms with E-state index in [0.717, 1.165) is 37.1 Å². The highest BCUT2D eigenvalue weighted by Crippen LogP contribution is 2.27. The van der Waals surface area contributed by atoms with E-state index in [4.69, 9.17) is 10.3 Å². The average molecular weight is 374 g/mol. The first-order valence-corrected chi connectivity index (χ1v) is 9.56. The molecule has 0 radical (unpaired) electrons. The lowest BCUT2D eigenvalue weighted by Crippen LogP contribution is -2.30. The molecule has 146 valence electrons. The van der Waals surface area contributed by atoms with E-state index in [1.807, 2.05) is 13.0 Å². The fraction of sp³-hybridized carbons (Fsp3) is 0.667. The lowest BCUT2D eigenvalue weighted by molar-refractivity contribution is 0.0758. The van der Waals surface area contributed by atoms with Gasteiger partial charge < -0.3 is 20.3 Å². The highest BCUT2D eigenvalue weighted by atomic mass is 16.5. The Labute approximate surface area is 157 Å². The van der Waals surface area contributed by atoms with Crippen molar-refractivity contribution in [3.63, 3.8) is 0 Å². The number of hydrogen-bond acceptors (Lipinski definition) is 7. The Morgan fingerprint density at radius 2 is 2.11 bits per heavy atom. The number of aliphatic hydroxyl groups is 1. The molecule has 3 N–H and O–H groups in total. The summed E-state index contributed by atoms with van der Waals surface area (Å²) in [6.45, 7) is 2.61. The molecule has 1 saturated carbocycles. The van der Waals surface area contributed by atoms with Crippen molar-refractivity contribution in [2.24, 2.45) is 11.7 Å². The maximum atomic E-state index is 12.8. The van der Waals surface area contributed by atoms with Gasteiger partial charge in [-0.2, -0.15) is 0 Å². The number of aliphatic hydroxyl groups excluding tert-OH is 1. The maximum Gasteiger partial charge on any atom is 0.276 e. The smallest absolute Gasteiger partial charge is 0.276 e. The lowest BCUT2D eigenvalue weighted by Gasteiger charge is -2.25. The molecule has 27 heavy (non-hydrogen) atoms. The van der Waals surface area contributed by atoms with Gasteiger partial charge in [0, 0.05) is 37.5 Å². The van der Waals surface area contributed by atoms with Gasteiger partial charge in [-0.05, 0) is 32.6 Å². The van der Waals surface area contributed by atoms with Gasteiger partial charge in [0.1, 0.15) is 5.76 Å². The average Bonchev–Trinajstić information content (AvgIpc) is 3.37. The first kappa shape index (κ1) is 18.1. The summed E-state index contributed by atoms with van der Waals surface area (Å²) in [4.78, 5) is 14.4. The van der Waals surface area contributed by atoms with E-state index < -0.39 is 6.10 Å². The van der Waals surface area contributed by atoms with Gasteiger partial charge in [-0.15, -0.1) is 5.10 Å². The fourth-order valence-electron chi connectivity index (χ4n) is 4.07. The van der Waals surface area contributed by atoms with Crippen molar-refractivity contribution in [3.05, 3.63) is 29.4 Å². The lowest BCUT2D eigenvalue weighted by atomic mass is 9.92. The third-order valence-corrected chi connectivity index (χ3v) is 5.68. The van der Waals surface area contributed by atoms with Crippen LogP contribution in [0.3, 0.4) is 0 Å². The largest absolute Gasteiger partial charge is 0.391 e. The molecular formula is C18H26N6O3. The highest BCUT2D eigenvalue weighted by molar-refractivity contribution is 5.92. The quantitative estimate of drug-likeness (QED) is 0.807. The minimum atomic E-state index is -0.589. The molecule has 1 aliphatic carbocycles. The van der Waals surface area contributed by atoms with E-state index >= 15 is 0 Å². The zero-order chi connectivity index (χ0) is 19.0. The van der Waals surface area contributed by atoms with Crippen LogP contribution in [0.5, 0.6) is 0 Å². The number of likely N-dealkylation sites (tertiary alicyclic amines) is 1. The topological polar surface area (TPSA) is 123 Å². The van der Waals surface area contributed by atoms with Gasteiger partial charge in [-0.3, -0.25) is 4.79 Å². The molecule has 0 spiro atoms. The molecule has 2 aliphatic rings. The molecule has 9 heteroatoms. The van der Waals surface area contributed by atoms with Gasteiger partial charge in [-0.25, -0.2) is 4.68 Å². The second kappa shape index (κ2) is 7.40. The van der Waals surface area contributed by atoms with Crippen LogP contribution in [0.15, 0.2) is 16.8 Å². The van der Waals surface area contributed by atoms with Crippen molar-refractivity contribution in [2.75, 3.05) is 13.1 Å². The van der Waals surface area contributed by atoms with Gasteiger partial charge in [0.2, 0.25) is 0 Å². The molecule has 2 fully saturated rings. The Bertz CT molecular complexity index is 795. The van der Waals surface area contributed by atoms with E-state index in [9.17, 15) is 9.90 Å². The van der Waals surface area contributed by atoms with Gasteiger partial charge in [0.25, 0.3) is 5.91 Å². The van der Waals surface area contributed by atoms with Gasteiger partial charge >= 0.3 is 0 Å². The SMILES string of the molecule is Cc1cc(C[C@@H]2CN(C(=O)c3cn(C4CCC(N)CC4)nn3)C[C@H]2O)on1. The molecule has 0 bridgehead atoms. The second-order valence-electron chi connectivity index (χ2n) is 7.83. The Morgan fingerprint density at radius 3 is 2.81 bits per heavy atom. The number of carbonyl (C=O) groups is 1. The van der Waals surface area contributed by atoms with E-state index in [1.165, 1.54) is 0 Å². The maximum absolute atomic E-state index is 12.8. The summed E-state index contributed by atoms with van der Waals surface area (Å²) in [6, 6.07) is 2.38. The summed E-state index contributed by atoms with van der Waals surface area (Å²) in [5.74, 6) is 0.465. The summed E-state index contributed by atoms with van der Waals surface area (Å²) in [7, 11) is 0. The molecule has 2 aromatic heterocycles. The third kappa shape index (κ3) is 3.89. The predicted octanol–water partition coefficient (Wildman–Crippen LogP) is 0.693. The monoisotopic (exact) mass is 374 g/mol. The van der Waals surface area contributed by atoms with Crippen molar-refractivity contribution in [1.29, 1.82) is 0 Å². The third-order valence-electron chi connectivity index (χ3n) is 5.68. The van der Waals surface area contributed by atoms with Gasteiger partial charge in [0.15, 0.2) is 5.69 Å². The Morgan fingerprint density at radius 1 is 1.33 bits per heavy atom. The number of β-amino-alcohol motifs (C(OH)–C–C–N with tert-alkyl or cyclic N) is 1. The first-order chi connectivity index (χ1) is 13.0. The standard InChI is InChI=1S/C18H26N6O3/c1-11-6-15(27-21-11)7-12-8-23(10-17(12)25)18(26)16-9-24(22-20-16)14-4-2-13(19)3-5-14/h6,9,12-14,17,25H,2-5,7-8,10,19H2,1H3/t12-,13?,14?,17-/m1/s1. The van der Waals surface area contributed by atoms with E-state index in [0.29, 0.717) is 25.2 Å². The summed E-state index contributed by atoms with van der Waals surface area (Å²) in [5, 5.41) is 22.5. The van der Waals surface area contributed by atoms with E-state index in [-0.39, 0.29) is 23.9 Å². The number of hydrogen-bond donors (Lipinski definition) is 2. The number of aromatic nitrogens is 4. The minimum Gasteiger partial charge on any atom is -0.391 e. The van der Waals surface area contributed by atoms with E-state index in [1.54, 1.807) is 15.8 Å². The van der Waals surface area contributed by atoms with Crippen LogP contribution >= 0.6 is 0 Å². The van der Waals surface area contributed by atoms with Crippen molar-refractivity contribution >= 4 is 5.91 Å². The number of rotatable bonds is 4. The molecule has 9 nitrogen and oxygen atoms in total. The second-order valence-corrected chi connectivity index (χ2v) is 7.83. The molecule has 0 unspecified atom stereocenters. The molecular weight excluding hydrogens is 348 g/mol. The molecule has 0 aromatic carbocycles. The Kier molecular flexibility index (Phi) is 4.96. The van der Waals surface area contributed by atoms with Crippen molar-refractivity contribution in [2.45, 2.75) is 57.2 Å². The molecule has 2 aromatic rings. The number of nitrogens with zero attached hydrogens (tertiary/aromatic N) is 5. The molecule has 3 heterocycles. The van der Waals surface area contributed by atoms with Crippen molar-refractivity contribution in [1.82, 2.24) is 25.1 Å². The van der Waals surface area contributed by atoms with Crippen LogP contribution in [0.4, 0.5) is 0 Å². The molecule has 1 aliphatic heterocycles. The van der Waals surface area contributed by atoms with Crippen LogP contribution in [0.25, 0.3) is 0 Å². The van der Waals surface area contributed by atoms with Gasteiger partial charge in [-0.1, -0.05) is 10.4 Å². The van der Waals surface area contributed by atoms with E-state index in [2.05, 4.69) is 15.5 Å². The zero-order valence-electron chi connectivity index (χ0n) is 15.5. The number of nitrogens with two attached hydrogens (primary N) is 1. The molecule has 4 rings (SSSR count). The number of carbonyl (C=O) groups excluding carboxylic acids is 1. The Balaban J connectivity index is 1.38. The van der Waals surface area contributed by atoms with Crippen LogP contribution in [0.1, 0.15) is 53.7 Å². The molecule has 2 atom stereocenters. The molecule has 1 saturated heterocycles. The predicted molar refractivity (Wildman–Crippen MR) is 95.8 cm³/mol. The van der Waals surface area contributed by atoms with Crippen LogP contribution in [0, 0.1) is 12.8 Å². The van der Waals surface area contributed by atoms with Crippen LogP contribution in [-0.4, -0.2) is 61.3 Å². The van der Waals surface area contributed by atoms with Crippen LogP contribution in [-0.2, 0) is 6.42 Å². The van der Waals surface area contributed by atoms with Gasteiger partial charge in [0.05, 0.1) is 24.0 Å². The van der Waals surface area contributed by atoms with Crippen molar-refractivity contribution in [3.8, 4) is 0 Å².